The molecule has 0 aliphatic carbocycles. The van der Waals surface area contributed by atoms with Crippen LogP contribution in [0.25, 0.3) is 0 Å². The lowest BCUT2D eigenvalue weighted by Crippen LogP contribution is -2.20. The number of ether oxygens (including phenoxy) is 1. The Morgan fingerprint density at radius 1 is 1.43 bits per heavy atom. The van der Waals surface area contributed by atoms with Crippen LogP contribution in [0.3, 0.4) is 0 Å². The second-order valence-corrected chi connectivity index (χ2v) is 4.20. The summed E-state index contributed by atoms with van der Waals surface area (Å²) in [6.07, 6.45) is 2.06. The Hall–Kier alpha value is -1.02. The van der Waals surface area contributed by atoms with Gasteiger partial charge in [-0.1, -0.05) is 11.6 Å². The number of phenols is 1. The smallest absolute Gasteiger partial charge is 0.121 e. The van der Waals surface area contributed by atoms with Crippen LogP contribution in [0.4, 0.5) is 0 Å². The maximum atomic E-state index is 9.78. The van der Waals surface area contributed by atoms with Gasteiger partial charge < -0.3 is 9.84 Å². The van der Waals surface area contributed by atoms with Crippen molar-refractivity contribution in [1.29, 1.82) is 0 Å². The van der Waals surface area contributed by atoms with Gasteiger partial charge in [-0.15, -0.1) is 0 Å². The van der Waals surface area contributed by atoms with Gasteiger partial charge in [0, 0.05) is 12.2 Å². The van der Waals surface area contributed by atoms with Gasteiger partial charge in [0.2, 0.25) is 0 Å². The molecule has 0 aromatic heterocycles. The van der Waals surface area contributed by atoms with E-state index in [2.05, 4.69) is 6.92 Å². The summed E-state index contributed by atoms with van der Waals surface area (Å²) in [5, 5.41) is 9.78. The number of aromatic hydroxyl groups is 1. The number of benzene rings is 1. The van der Waals surface area contributed by atoms with Gasteiger partial charge in [-0.25, -0.2) is 0 Å². The molecule has 0 amide bonds. The van der Waals surface area contributed by atoms with E-state index >= 15 is 0 Å². The molecule has 0 spiro atoms. The van der Waals surface area contributed by atoms with Crippen molar-refractivity contribution >= 4 is 0 Å². The summed E-state index contributed by atoms with van der Waals surface area (Å²) in [5.41, 5.74) is 1.81. The van der Waals surface area contributed by atoms with Gasteiger partial charge >= 0.3 is 0 Å². The van der Waals surface area contributed by atoms with Gasteiger partial charge in [-0.05, 0) is 38.8 Å². The third kappa shape index (κ3) is 1.50. The van der Waals surface area contributed by atoms with E-state index in [0.29, 0.717) is 5.75 Å². The molecule has 1 aliphatic rings. The first kappa shape index (κ1) is 9.53. The molecule has 0 saturated carbocycles. The molecule has 2 heteroatoms. The van der Waals surface area contributed by atoms with Gasteiger partial charge in [0.15, 0.2) is 0 Å². The maximum absolute atomic E-state index is 9.78. The zero-order valence-corrected chi connectivity index (χ0v) is 8.71. The fourth-order valence-corrected chi connectivity index (χ4v) is 2.06. The van der Waals surface area contributed by atoms with Crippen LogP contribution in [0, 0.1) is 6.92 Å². The lowest BCUT2D eigenvalue weighted by atomic mass is 9.91. The van der Waals surface area contributed by atoms with Crippen LogP contribution in [0.2, 0.25) is 0 Å². The summed E-state index contributed by atoms with van der Waals surface area (Å²) in [4.78, 5) is 0. The van der Waals surface area contributed by atoms with Crippen LogP contribution in [0.5, 0.6) is 5.75 Å². The molecule has 1 aromatic carbocycles. The molecule has 1 N–H and O–H groups in total. The Labute approximate surface area is 84.5 Å². The standard InChI is InChI=1S/C12H16O2/c1-9-4-5-11(13)10(8-9)12(2)6-3-7-14-12/h4-5,8,13H,3,6-7H2,1-2H3. The summed E-state index contributed by atoms with van der Waals surface area (Å²) in [6, 6.07) is 5.68. The van der Waals surface area contributed by atoms with E-state index in [4.69, 9.17) is 4.74 Å². The van der Waals surface area contributed by atoms with E-state index < -0.39 is 0 Å². The highest BCUT2D eigenvalue weighted by Gasteiger charge is 2.33. The van der Waals surface area contributed by atoms with Crippen molar-refractivity contribution in [2.75, 3.05) is 6.61 Å². The van der Waals surface area contributed by atoms with Crippen molar-refractivity contribution in [1.82, 2.24) is 0 Å². The summed E-state index contributed by atoms with van der Waals surface area (Å²) in [6.45, 7) is 4.87. The summed E-state index contributed by atoms with van der Waals surface area (Å²) in [5.74, 6) is 0.347. The SMILES string of the molecule is Cc1ccc(O)c(C2(C)CCCO2)c1. The molecule has 1 unspecified atom stereocenters. The van der Waals surface area contributed by atoms with E-state index in [-0.39, 0.29) is 5.60 Å². The quantitative estimate of drug-likeness (QED) is 0.741. The van der Waals surface area contributed by atoms with Crippen molar-refractivity contribution in [3.8, 4) is 5.75 Å². The first-order valence-electron chi connectivity index (χ1n) is 5.06. The van der Waals surface area contributed by atoms with Gasteiger partial charge in [-0.3, -0.25) is 0 Å². The van der Waals surface area contributed by atoms with Crippen molar-refractivity contribution < 1.29 is 9.84 Å². The number of rotatable bonds is 1. The molecule has 1 saturated heterocycles. The van der Waals surface area contributed by atoms with Crippen LogP contribution in [-0.4, -0.2) is 11.7 Å². The number of aryl methyl sites for hydroxylation is 1. The predicted molar refractivity (Wildman–Crippen MR) is 55.4 cm³/mol. The zero-order valence-electron chi connectivity index (χ0n) is 8.71. The number of phenolic OH excluding ortho intramolecular Hbond substituents is 1. The van der Waals surface area contributed by atoms with Crippen LogP contribution in [-0.2, 0) is 10.3 Å². The molecule has 76 valence electrons. The van der Waals surface area contributed by atoms with Crippen LogP contribution < -0.4 is 0 Å². The largest absolute Gasteiger partial charge is 0.508 e. The van der Waals surface area contributed by atoms with Crippen molar-refractivity contribution in [3.63, 3.8) is 0 Å². The molecule has 2 nitrogen and oxygen atoms in total. The van der Waals surface area contributed by atoms with Crippen LogP contribution in [0.1, 0.15) is 30.9 Å². The average molecular weight is 192 g/mol. The Kier molecular flexibility index (Phi) is 2.23. The zero-order chi connectivity index (χ0) is 10.2. The van der Waals surface area contributed by atoms with Gasteiger partial charge in [-0.2, -0.15) is 0 Å². The number of hydrogen-bond donors (Lipinski definition) is 1. The molecule has 1 heterocycles. The fraction of sp³-hybridized carbons (Fsp3) is 0.500. The van der Waals surface area contributed by atoms with Crippen molar-refractivity contribution in [2.45, 2.75) is 32.3 Å². The minimum Gasteiger partial charge on any atom is -0.508 e. The Morgan fingerprint density at radius 2 is 2.21 bits per heavy atom. The fourth-order valence-electron chi connectivity index (χ4n) is 2.06. The van der Waals surface area contributed by atoms with Gasteiger partial charge in [0.1, 0.15) is 5.75 Å². The van der Waals surface area contributed by atoms with E-state index in [0.717, 1.165) is 30.6 Å². The Bertz CT molecular complexity index is 338. The second kappa shape index (κ2) is 3.28. The van der Waals surface area contributed by atoms with E-state index in [1.807, 2.05) is 19.1 Å². The average Bonchev–Trinajstić information content (AvgIpc) is 2.58. The van der Waals surface area contributed by atoms with Crippen LogP contribution in [0.15, 0.2) is 18.2 Å². The molecule has 1 aromatic rings. The summed E-state index contributed by atoms with van der Waals surface area (Å²) in [7, 11) is 0. The molecule has 0 radical (unpaired) electrons. The molecule has 1 aliphatic heterocycles. The minimum absolute atomic E-state index is 0.282. The normalized spacial score (nSPS) is 26.7. The second-order valence-electron chi connectivity index (χ2n) is 4.20. The van der Waals surface area contributed by atoms with Gasteiger partial charge in [0.25, 0.3) is 0 Å². The highest BCUT2D eigenvalue weighted by Crippen LogP contribution is 2.40. The van der Waals surface area contributed by atoms with E-state index in [9.17, 15) is 5.11 Å². The molecule has 1 fully saturated rings. The first-order valence-corrected chi connectivity index (χ1v) is 5.06. The number of hydrogen-bond acceptors (Lipinski definition) is 2. The van der Waals surface area contributed by atoms with Crippen molar-refractivity contribution in [2.24, 2.45) is 0 Å². The Morgan fingerprint density at radius 3 is 2.86 bits per heavy atom. The highest BCUT2D eigenvalue weighted by atomic mass is 16.5. The van der Waals surface area contributed by atoms with E-state index in [1.54, 1.807) is 6.07 Å². The predicted octanol–water partition coefficient (Wildman–Crippen LogP) is 2.73. The summed E-state index contributed by atoms with van der Waals surface area (Å²) >= 11 is 0. The molecule has 0 bridgehead atoms. The first-order chi connectivity index (χ1) is 6.62. The molecule has 14 heavy (non-hydrogen) atoms. The highest BCUT2D eigenvalue weighted by molar-refractivity contribution is 5.40. The van der Waals surface area contributed by atoms with Crippen molar-refractivity contribution in [3.05, 3.63) is 29.3 Å². The lowest BCUT2D eigenvalue weighted by Gasteiger charge is -2.24. The molecule has 1 atom stereocenters. The molecular weight excluding hydrogens is 176 g/mol. The van der Waals surface area contributed by atoms with E-state index in [1.165, 1.54) is 0 Å². The van der Waals surface area contributed by atoms with Crippen LogP contribution >= 0.6 is 0 Å². The lowest BCUT2D eigenvalue weighted by molar-refractivity contribution is 0.0150. The third-order valence-electron chi connectivity index (χ3n) is 2.94. The third-order valence-corrected chi connectivity index (χ3v) is 2.94. The minimum atomic E-state index is -0.282. The Balaban J connectivity index is 2.44. The van der Waals surface area contributed by atoms with Gasteiger partial charge in [0.05, 0.1) is 5.60 Å². The maximum Gasteiger partial charge on any atom is 0.121 e. The monoisotopic (exact) mass is 192 g/mol. The summed E-state index contributed by atoms with van der Waals surface area (Å²) < 4.78 is 5.70. The molecule has 2 rings (SSSR count). The molecular formula is C12H16O2. The topological polar surface area (TPSA) is 29.5 Å².